The number of nitrogen functional groups attached to an aromatic ring is 1. The van der Waals surface area contributed by atoms with E-state index in [0.29, 0.717) is 0 Å². The fourth-order valence-corrected chi connectivity index (χ4v) is 1.96. The highest BCUT2D eigenvalue weighted by molar-refractivity contribution is 9.10. The SMILES string of the molecule is Nc1cc(CN2CCOCC2)ccc1Br. The molecule has 0 aliphatic carbocycles. The van der Waals surface area contributed by atoms with Crippen molar-refractivity contribution in [3.8, 4) is 0 Å². The summed E-state index contributed by atoms with van der Waals surface area (Å²) in [5, 5.41) is 0. The monoisotopic (exact) mass is 270 g/mol. The summed E-state index contributed by atoms with van der Waals surface area (Å²) in [6.07, 6.45) is 0. The Bertz CT molecular complexity index is 337. The Balaban J connectivity index is 2.00. The van der Waals surface area contributed by atoms with Gasteiger partial charge in [0.25, 0.3) is 0 Å². The third kappa shape index (κ3) is 2.93. The Morgan fingerprint density at radius 1 is 1.33 bits per heavy atom. The van der Waals surface area contributed by atoms with Crippen LogP contribution in [0.4, 0.5) is 5.69 Å². The third-order valence-corrected chi connectivity index (χ3v) is 3.29. The Hall–Kier alpha value is -0.580. The number of halogens is 1. The maximum absolute atomic E-state index is 5.84. The minimum absolute atomic E-state index is 0.806. The Kier molecular flexibility index (Phi) is 3.61. The average molecular weight is 271 g/mol. The molecule has 2 rings (SSSR count). The fraction of sp³-hybridized carbons (Fsp3) is 0.455. The molecule has 1 heterocycles. The van der Waals surface area contributed by atoms with Crippen molar-refractivity contribution in [3.05, 3.63) is 28.2 Å². The van der Waals surface area contributed by atoms with Crippen molar-refractivity contribution >= 4 is 21.6 Å². The lowest BCUT2D eigenvalue weighted by atomic mass is 10.2. The van der Waals surface area contributed by atoms with Crippen LogP contribution in [0.2, 0.25) is 0 Å². The van der Waals surface area contributed by atoms with Crippen molar-refractivity contribution in [2.24, 2.45) is 0 Å². The second-order valence-corrected chi connectivity index (χ2v) is 4.60. The highest BCUT2D eigenvalue weighted by Crippen LogP contribution is 2.21. The van der Waals surface area contributed by atoms with E-state index >= 15 is 0 Å². The summed E-state index contributed by atoms with van der Waals surface area (Å²) in [6.45, 7) is 4.66. The van der Waals surface area contributed by atoms with Crippen LogP contribution < -0.4 is 5.73 Å². The Morgan fingerprint density at radius 3 is 2.73 bits per heavy atom. The molecule has 1 aliphatic rings. The van der Waals surface area contributed by atoms with Gasteiger partial charge in [-0.25, -0.2) is 0 Å². The van der Waals surface area contributed by atoms with E-state index < -0.39 is 0 Å². The highest BCUT2D eigenvalue weighted by atomic mass is 79.9. The second-order valence-electron chi connectivity index (χ2n) is 3.74. The normalized spacial score (nSPS) is 17.9. The number of anilines is 1. The molecule has 0 aromatic heterocycles. The zero-order valence-corrected chi connectivity index (χ0v) is 10.2. The Labute approximate surface area is 98.3 Å². The largest absolute Gasteiger partial charge is 0.398 e. The van der Waals surface area contributed by atoms with Crippen molar-refractivity contribution in [2.45, 2.75) is 6.54 Å². The number of nitrogens with zero attached hydrogens (tertiary/aromatic N) is 1. The van der Waals surface area contributed by atoms with E-state index in [1.807, 2.05) is 12.1 Å². The van der Waals surface area contributed by atoms with Crippen LogP contribution in [0.3, 0.4) is 0 Å². The van der Waals surface area contributed by atoms with Crippen molar-refractivity contribution in [3.63, 3.8) is 0 Å². The molecule has 1 aromatic rings. The lowest BCUT2D eigenvalue weighted by molar-refractivity contribution is 0.0342. The van der Waals surface area contributed by atoms with Crippen LogP contribution in [0.5, 0.6) is 0 Å². The number of hydrogen-bond donors (Lipinski definition) is 1. The van der Waals surface area contributed by atoms with Crippen molar-refractivity contribution in [2.75, 3.05) is 32.0 Å². The van der Waals surface area contributed by atoms with Crippen molar-refractivity contribution < 1.29 is 4.74 Å². The van der Waals surface area contributed by atoms with Gasteiger partial charge < -0.3 is 10.5 Å². The summed E-state index contributed by atoms with van der Waals surface area (Å²) >= 11 is 3.40. The van der Waals surface area contributed by atoms with Crippen LogP contribution in [0.15, 0.2) is 22.7 Å². The molecule has 0 radical (unpaired) electrons. The average Bonchev–Trinajstić information content (AvgIpc) is 2.25. The van der Waals surface area contributed by atoms with Gasteiger partial charge in [-0.3, -0.25) is 4.90 Å². The summed E-state index contributed by atoms with van der Waals surface area (Å²) in [6, 6.07) is 6.14. The molecule has 1 fully saturated rings. The first-order chi connectivity index (χ1) is 7.25. The smallest absolute Gasteiger partial charge is 0.0594 e. The van der Waals surface area contributed by atoms with Crippen LogP contribution in [0.25, 0.3) is 0 Å². The predicted octanol–water partition coefficient (Wildman–Crippen LogP) is 1.86. The summed E-state index contributed by atoms with van der Waals surface area (Å²) in [4.78, 5) is 2.38. The number of rotatable bonds is 2. The number of morpholine rings is 1. The molecule has 0 bridgehead atoms. The van der Waals surface area contributed by atoms with E-state index in [-0.39, 0.29) is 0 Å². The fourth-order valence-electron chi connectivity index (χ4n) is 1.71. The lowest BCUT2D eigenvalue weighted by Gasteiger charge is -2.26. The number of benzene rings is 1. The van der Waals surface area contributed by atoms with E-state index in [1.54, 1.807) is 0 Å². The molecule has 0 amide bonds. The summed E-state index contributed by atoms with van der Waals surface area (Å²) < 4.78 is 6.27. The van der Waals surface area contributed by atoms with Crippen LogP contribution in [0.1, 0.15) is 5.56 Å². The van der Waals surface area contributed by atoms with Gasteiger partial charge in [-0.05, 0) is 33.6 Å². The molecule has 1 aromatic carbocycles. The van der Waals surface area contributed by atoms with Crippen molar-refractivity contribution in [1.82, 2.24) is 4.90 Å². The Morgan fingerprint density at radius 2 is 2.07 bits per heavy atom. The molecule has 0 saturated carbocycles. The van der Waals surface area contributed by atoms with Gasteiger partial charge in [-0.1, -0.05) is 6.07 Å². The molecule has 0 unspecified atom stereocenters. The lowest BCUT2D eigenvalue weighted by Crippen LogP contribution is -2.35. The van der Waals surface area contributed by atoms with Gasteiger partial charge in [0.05, 0.1) is 13.2 Å². The molecular weight excluding hydrogens is 256 g/mol. The molecule has 15 heavy (non-hydrogen) atoms. The van der Waals surface area contributed by atoms with E-state index in [2.05, 4.69) is 26.9 Å². The number of ether oxygens (including phenoxy) is 1. The minimum Gasteiger partial charge on any atom is -0.398 e. The van der Waals surface area contributed by atoms with Crippen LogP contribution in [-0.2, 0) is 11.3 Å². The first-order valence-corrected chi connectivity index (χ1v) is 5.89. The molecule has 1 saturated heterocycles. The minimum atomic E-state index is 0.806. The van der Waals surface area contributed by atoms with Crippen LogP contribution in [0, 0.1) is 0 Å². The third-order valence-electron chi connectivity index (χ3n) is 2.57. The second kappa shape index (κ2) is 4.96. The van der Waals surface area contributed by atoms with E-state index in [4.69, 9.17) is 10.5 Å². The molecule has 2 N–H and O–H groups in total. The quantitative estimate of drug-likeness (QED) is 0.834. The van der Waals surface area contributed by atoms with Gasteiger partial charge in [0.15, 0.2) is 0 Å². The summed E-state index contributed by atoms with van der Waals surface area (Å²) in [5.74, 6) is 0. The molecule has 82 valence electrons. The molecular formula is C11H15BrN2O. The van der Waals surface area contributed by atoms with E-state index in [9.17, 15) is 0 Å². The zero-order chi connectivity index (χ0) is 10.7. The van der Waals surface area contributed by atoms with Crippen LogP contribution >= 0.6 is 15.9 Å². The predicted molar refractivity (Wildman–Crippen MR) is 64.7 cm³/mol. The van der Waals surface area contributed by atoms with Crippen LogP contribution in [-0.4, -0.2) is 31.2 Å². The molecule has 1 aliphatic heterocycles. The van der Waals surface area contributed by atoms with Gasteiger partial charge in [0.2, 0.25) is 0 Å². The number of hydrogen-bond acceptors (Lipinski definition) is 3. The standard InChI is InChI=1S/C11H15BrN2O/c12-10-2-1-9(7-11(10)13)8-14-3-5-15-6-4-14/h1-2,7H,3-6,8,13H2. The molecule has 4 heteroatoms. The van der Waals surface area contributed by atoms with Gasteiger partial charge in [-0.2, -0.15) is 0 Å². The molecule has 3 nitrogen and oxygen atoms in total. The zero-order valence-electron chi connectivity index (χ0n) is 8.58. The van der Waals surface area contributed by atoms with Gasteiger partial charge in [0, 0.05) is 29.8 Å². The summed E-state index contributed by atoms with van der Waals surface area (Å²) in [5.41, 5.74) is 7.90. The maximum Gasteiger partial charge on any atom is 0.0594 e. The van der Waals surface area contributed by atoms with E-state index in [1.165, 1.54) is 5.56 Å². The van der Waals surface area contributed by atoms with Gasteiger partial charge >= 0.3 is 0 Å². The van der Waals surface area contributed by atoms with Gasteiger partial charge in [0.1, 0.15) is 0 Å². The first-order valence-electron chi connectivity index (χ1n) is 5.10. The van der Waals surface area contributed by atoms with Gasteiger partial charge in [-0.15, -0.1) is 0 Å². The first kappa shape index (κ1) is 10.9. The van der Waals surface area contributed by atoms with E-state index in [0.717, 1.165) is 43.0 Å². The number of nitrogens with two attached hydrogens (primary N) is 1. The topological polar surface area (TPSA) is 38.5 Å². The molecule has 0 spiro atoms. The summed E-state index contributed by atoms with van der Waals surface area (Å²) in [7, 11) is 0. The highest BCUT2D eigenvalue weighted by Gasteiger charge is 2.10. The maximum atomic E-state index is 5.84. The van der Waals surface area contributed by atoms with Crippen molar-refractivity contribution in [1.29, 1.82) is 0 Å². The molecule has 0 atom stereocenters.